The van der Waals surface area contributed by atoms with Crippen molar-refractivity contribution in [2.24, 2.45) is 0 Å². The van der Waals surface area contributed by atoms with Gasteiger partial charge in [-0.1, -0.05) is 36.0 Å². The number of aryl methyl sites for hydroxylation is 2. The van der Waals surface area contributed by atoms with Gasteiger partial charge in [0, 0.05) is 30.1 Å². The van der Waals surface area contributed by atoms with E-state index in [1.54, 1.807) is 19.5 Å². The van der Waals surface area contributed by atoms with Gasteiger partial charge in [-0.2, -0.15) is 0 Å². The van der Waals surface area contributed by atoms with E-state index in [2.05, 4.69) is 46.5 Å². The van der Waals surface area contributed by atoms with Crippen molar-refractivity contribution in [3.05, 3.63) is 83.7 Å². The summed E-state index contributed by atoms with van der Waals surface area (Å²) in [5, 5.41) is 12.4. The Kier molecular flexibility index (Phi) is 7.04. The Labute approximate surface area is 197 Å². The zero-order chi connectivity index (χ0) is 23.2. The Hall–Kier alpha value is -3.65. The molecule has 1 amide bonds. The van der Waals surface area contributed by atoms with Crippen LogP contribution in [0.4, 0.5) is 0 Å². The molecule has 0 saturated carbocycles. The highest BCUT2D eigenvalue weighted by molar-refractivity contribution is 7.99. The van der Waals surface area contributed by atoms with Crippen LogP contribution in [0.2, 0.25) is 0 Å². The lowest BCUT2D eigenvalue weighted by Crippen LogP contribution is -2.25. The van der Waals surface area contributed by atoms with Gasteiger partial charge in [0.15, 0.2) is 11.0 Å². The zero-order valence-electron chi connectivity index (χ0n) is 18.8. The summed E-state index contributed by atoms with van der Waals surface area (Å²) in [5.74, 6) is 1.58. The monoisotopic (exact) mass is 459 g/mol. The molecule has 0 radical (unpaired) electrons. The average molecular weight is 460 g/mol. The highest BCUT2D eigenvalue weighted by Crippen LogP contribution is 2.28. The van der Waals surface area contributed by atoms with Gasteiger partial charge in [0.25, 0.3) is 0 Å². The van der Waals surface area contributed by atoms with Crippen molar-refractivity contribution in [3.63, 3.8) is 0 Å². The molecule has 0 aliphatic heterocycles. The minimum atomic E-state index is -0.0917. The first-order valence-corrected chi connectivity index (χ1v) is 11.5. The first kappa shape index (κ1) is 22.5. The van der Waals surface area contributed by atoms with Gasteiger partial charge in [-0.25, -0.2) is 0 Å². The summed E-state index contributed by atoms with van der Waals surface area (Å²) in [7, 11) is 1.62. The number of thioether (sulfide) groups is 1. The number of para-hydroxylation sites is 1. The molecule has 0 unspecified atom stereocenters. The predicted octanol–water partition coefficient (Wildman–Crippen LogP) is 4.36. The molecule has 0 aliphatic carbocycles. The Morgan fingerprint density at radius 3 is 2.58 bits per heavy atom. The molecular formula is C25H25N5O2S. The van der Waals surface area contributed by atoms with Crippen LogP contribution in [0, 0.1) is 13.8 Å². The van der Waals surface area contributed by atoms with Gasteiger partial charge in [-0.05, 0) is 55.3 Å². The van der Waals surface area contributed by atoms with Crippen LogP contribution >= 0.6 is 11.8 Å². The lowest BCUT2D eigenvalue weighted by molar-refractivity contribution is -0.118. The third kappa shape index (κ3) is 5.23. The number of benzene rings is 2. The number of nitrogens with zero attached hydrogens (tertiary/aromatic N) is 4. The van der Waals surface area contributed by atoms with E-state index >= 15 is 0 Å². The van der Waals surface area contributed by atoms with E-state index in [1.165, 1.54) is 22.9 Å². The lowest BCUT2D eigenvalue weighted by atomic mass is 10.1. The largest absolute Gasteiger partial charge is 0.496 e. The average Bonchev–Trinajstić information content (AvgIpc) is 3.28. The number of hydrogen-bond acceptors (Lipinski definition) is 6. The summed E-state index contributed by atoms with van der Waals surface area (Å²) in [6.45, 7) is 4.56. The molecule has 0 aliphatic rings. The van der Waals surface area contributed by atoms with Crippen LogP contribution in [0.1, 0.15) is 16.7 Å². The standard InChI is InChI=1S/C25H25N5O2S/c1-17-8-9-21(14-18(17)2)30-24(19-10-12-26-13-11-19)28-29-25(30)33-16-23(31)27-15-20-6-4-5-7-22(20)32-3/h4-14H,15-16H2,1-3H3,(H,27,31). The second-order valence-corrected chi connectivity index (χ2v) is 8.47. The van der Waals surface area contributed by atoms with Gasteiger partial charge in [-0.3, -0.25) is 14.3 Å². The third-order valence-electron chi connectivity index (χ3n) is 5.32. The number of carbonyl (C=O) groups excluding carboxylic acids is 1. The van der Waals surface area contributed by atoms with E-state index in [1.807, 2.05) is 47.0 Å². The van der Waals surface area contributed by atoms with Gasteiger partial charge in [0.05, 0.1) is 18.6 Å². The minimum absolute atomic E-state index is 0.0917. The summed E-state index contributed by atoms with van der Waals surface area (Å²) in [6.07, 6.45) is 3.46. The van der Waals surface area contributed by atoms with Gasteiger partial charge in [-0.15, -0.1) is 10.2 Å². The molecule has 168 valence electrons. The molecule has 0 spiro atoms. The minimum Gasteiger partial charge on any atom is -0.496 e. The van der Waals surface area contributed by atoms with Crippen molar-refractivity contribution in [2.75, 3.05) is 12.9 Å². The maximum atomic E-state index is 12.6. The van der Waals surface area contributed by atoms with Crippen molar-refractivity contribution in [3.8, 4) is 22.8 Å². The fourth-order valence-corrected chi connectivity index (χ4v) is 4.15. The normalized spacial score (nSPS) is 10.8. The molecule has 0 fully saturated rings. The van der Waals surface area contributed by atoms with Crippen molar-refractivity contribution in [2.45, 2.75) is 25.5 Å². The van der Waals surface area contributed by atoms with Gasteiger partial charge in [0.2, 0.25) is 5.91 Å². The number of nitrogens with one attached hydrogen (secondary N) is 1. The zero-order valence-corrected chi connectivity index (χ0v) is 19.6. The summed E-state index contributed by atoms with van der Waals surface area (Å²) < 4.78 is 7.34. The number of rotatable bonds is 8. The molecule has 4 rings (SSSR count). The molecule has 0 bridgehead atoms. The smallest absolute Gasteiger partial charge is 0.230 e. The maximum absolute atomic E-state index is 12.6. The number of amides is 1. The Balaban J connectivity index is 1.54. The van der Waals surface area contributed by atoms with Crippen molar-refractivity contribution >= 4 is 17.7 Å². The van der Waals surface area contributed by atoms with E-state index in [0.29, 0.717) is 17.5 Å². The Bertz CT molecular complexity index is 1260. The Morgan fingerprint density at radius 2 is 1.82 bits per heavy atom. The van der Waals surface area contributed by atoms with E-state index < -0.39 is 0 Å². The molecule has 1 N–H and O–H groups in total. The van der Waals surface area contributed by atoms with E-state index in [4.69, 9.17) is 4.74 Å². The molecule has 0 saturated heterocycles. The maximum Gasteiger partial charge on any atom is 0.230 e. The molecule has 0 atom stereocenters. The van der Waals surface area contributed by atoms with Gasteiger partial charge in [0.1, 0.15) is 5.75 Å². The molecule has 2 heterocycles. The summed E-state index contributed by atoms with van der Waals surface area (Å²) in [4.78, 5) is 16.7. The van der Waals surface area contributed by atoms with E-state index in [0.717, 1.165) is 22.6 Å². The second-order valence-electron chi connectivity index (χ2n) is 7.52. The number of pyridine rings is 1. The predicted molar refractivity (Wildman–Crippen MR) is 130 cm³/mol. The van der Waals surface area contributed by atoms with E-state index in [-0.39, 0.29) is 11.7 Å². The fraction of sp³-hybridized carbons (Fsp3) is 0.200. The van der Waals surface area contributed by atoms with Crippen LogP contribution in [0.3, 0.4) is 0 Å². The summed E-state index contributed by atoms with van der Waals surface area (Å²) >= 11 is 1.35. The van der Waals surface area contributed by atoms with Crippen molar-refractivity contribution in [1.29, 1.82) is 0 Å². The quantitative estimate of drug-likeness (QED) is 0.394. The molecule has 8 heteroatoms. The number of aromatic nitrogens is 4. The van der Waals surface area contributed by atoms with Crippen LogP contribution < -0.4 is 10.1 Å². The SMILES string of the molecule is COc1ccccc1CNC(=O)CSc1nnc(-c2ccncc2)n1-c1ccc(C)c(C)c1. The first-order valence-electron chi connectivity index (χ1n) is 10.5. The van der Waals surface area contributed by atoms with Crippen molar-refractivity contribution < 1.29 is 9.53 Å². The Morgan fingerprint density at radius 1 is 1.03 bits per heavy atom. The van der Waals surface area contributed by atoms with Crippen molar-refractivity contribution in [1.82, 2.24) is 25.1 Å². The molecule has 7 nitrogen and oxygen atoms in total. The molecule has 4 aromatic rings. The van der Waals surface area contributed by atoms with Crippen LogP contribution in [0.25, 0.3) is 17.1 Å². The summed E-state index contributed by atoms with van der Waals surface area (Å²) in [6, 6.07) is 17.7. The van der Waals surface area contributed by atoms with Crippen LogP contribution in [0.15, 0.2) is 72.1 Å². The second kappa shape index (κ2) is 10.3. The number of ether oxygens (including phenoxy) is 1. The molecule has 2 aromatic carbocycles. The summed E-state index contributed by atoms with van der Waals surface area (Å²) in [5.41, 5.74) is 5.17. The molecule has 2 aromatic heterocycles. The van der Waals surface area contributed by atoms with Crippen LogP contribution in [0.5, 0.6) is 5.75 Å². The topological polar surface area (TPSA) is 81.9 Å². The number of hydrogen-bond donors (Lipinski definition) is 1. The highest BCUT2D eigenvalue weighted by atomic mass is 32.2. The first-order chi connectivity index (χ1) is 16.1. The van der Waals surface area contributed by atoms with Crippen LogP contribution in [-0.2, 0) is 11.3 Å². The fourth-order valence-electron chi connectivity index (χ4n) is 3.37. The van der Waals surface area contributed by atoms with Crippen LogP contribution in [-0.4, -0.2) is 38.5 Å². The van der Waals surface area contributed by atoms with Gasteiger partial charge >= 0.3 is 0 Å². The third-order valence-corrected chi connectivity index (χ3v) is 6.25. The number of methoxy groups -OCH3 is 1. The number of carbonyl (C=O) groups is 1. The van der Waals surface area contributed by atoms with E-state index in [9.17, 15) is 4.79 Å². The molecule has 33 heavy (non-hydrogen) atoms. The highest BCUT2D eigenvalue weighted by Gasteiger charge is 2.18. The lowest BCUT2D eigenvalue weighted by Gasteiger charge is -2.12. The molecular weight excluding hydrogens is 434 g/mol. The van der Waals surface area contributed by atoms with Gasteiger partial charge < -0.3 is 10.1 Å².